The minimum atomic E-state index is -0.834. The first kappa shape index (κ1) is 21.2. The van der Waals surface area contributed by atoms with Crippen LogP contribution < -0.4 is 13.8 Å². The zero-order valence-electron chi connectivity index (χ0n) is 16.0. The molecule has 0 spiro atoms. The number of amides is 1. The molecule has 6 nitrogen and oxygen atoms in total. The lowest BCUT2D eigenvalue weighted by atomic mass is 9.78. The van der Waals surface area contributed by atoms with Gasteiger partial charge in [0.05, 0.1) is 16.9 Å². The Morgan fingerprint density at radius 3 is 2.19 bits per heavy atom. The highest BCUT2D eigenvalue weighted by Gasteiger charge is 2.52. The van der Waals surface area contributed by atoms with Gasteiger partial charge in [-0.05, 0) is 54.5 Å². The van der Waals surface area contributed by atoms with Crippen LogP contribution in [0.3, 0.4) is 0 Å². The SMILES string of the molecule is CC(C)(C)OC(=O)Nc1cc(F)cc(B2OC(C)(C)C(C)(C)O2)c1OI. The quantitative estimate of drug-likeness (QED) is 0.521. The van der Waals surface area contributed by atoms with Gasteiger partial charge in [0.2, 0.25) is 0 Å². The van der Waals surface area contributed by atoms with E-state index in [2.05, 4.69) is 5.32 Å². The summed E-state index contributed by atoms with van der Waals surface area (Å²) in [6, 6.07) is 2.43. The lowest BCUT2D eigenvalue weighted by Gasteiger charge is -2.32. The number of carbonyl (C=O) groups is 1. The summed E-state index contributed by atoms with van der Waals surface area (Å²) in [6.45, 7) is 12.8. The molecular weight excluding hydrogens is 455 g/mol. The molecule has 2 rings (SSSR count). The van der Waals surface area contributed by atoms with Crippen molar-refractivity contribution in [3.63, 3.8) is 0 Å². The predicted molar refractivity (Wildman–Crippen MR) is 107 cm³/mol. The third-order valence-electron chi connectivity index (χ3n) is 4.30. The van der Waals surface area contributed by atoms with E-state index in [9.17, 15) is 9.18 Å². The average Bonchev–Trinajstić information content (AvgIpc) is 2.64. The van der Waals surface area contributed by atoms with Gasteiger partial charge in [-0.3, -0.25) is 5.32 Å². The van der Waals surface area contributed by atoms with E-state index in [-0.39, 0.29) is 11.4 Å². The number of ether oxygens (including phenoxy) is 1. The highest BCUT2D eigenvalue weighted by molar-refractivity contribution is 14.1. The minimum absolute atomic E-state index is 0.137. The van der Waals surface area contributed by atoms with Crippen LogP contribution in [0.1, 0.15) is 48.5 Å². The molecule has 26 heavy (non-hydrogen) atoms. The zero-order chi connectivity index (χ0) is 19.9. The van der Waals surface area contributed by atoms with E-state index in [1.807, 2.05) is 27.7 Å². The molecule has 1 heterocycles. The van der Waals surface area contributed by atoms with Gasteiger partial charge in [0.25, 0.3) is 0 Å². The maximum absolute atomic E-state index is 14.2. The summed E-state index contributed by atoms with van der Waals surface area (Å²) in [4.78, 5) is 12.1. The number of nitrogens with one attached hydrogen (secondary N) is 1. The first-order valence-electron chi connectivity index (χ1n) is 8.23. The number of carbonyl (C=O) groups excluding carboxylic acids is 1. The van der Waals surface area contributed by atoms with Gasteiger partial charge in [0.1, 0.15) is 11.4 Å². The fourth-order valence-electron chi connectivity index (χ4n) is 2.35. The normalized spacial score (nSPS) is 18.6. The van der Waals surface area contributed by atoms with E-state index in [1.165, 1.54) is 6.07 Å². The van der Waals surface area contributed by atoms with Crippen LogP contribution in [0.2, 0.25) is 0 Å². The topological polar surface area (TPSA) is 66.0 Å². The maximum Gasteiger partial charge on any atom is 0.498 e. The van der Waals surface area contributed by atoms with E-state index >= 15 is 0 Å². The van der Waals surface area contributed by atoms with Crippen LogP contribution in [0.15, 0.2) is 12.1 Å². The lowest BCUT2D eigenvalue weighted by Crippen LogP contribution is -2.41. The van der Waals surface area contributed by atoms with Gasteiger partial charge in [-0.25, -0.2) is 9.18 Å². The monoisotopic (exact) mass is 479 g/mol. The fourth-order valence-corrected chi connectivity index (χ4v) is 2.84. The van der Waals surface area contributed by atoms with Crippen molar-refractivity contribution in [3.05, 3.63) is 17.9 Å². The lowest BCUT2D eigenvalue weighted by molar-refractivity contribution is 0.00578. The molecule has 144 valence electrons. The van der Waals surface area contributed by atoms with Crippen molar-refractivity contribution >= 4 is 47.4 Å². The summed E-state index contributed by atoms with van der Waals surface area (Å²) in [7, 11) is -0.834. The summed E-state index contributed by atoms with van der Waals surface area (Å²) in [5.41, 5.74) is -1.38. The largest absolute Gasteiger partial charge is 0.498 e. The number of halogens is 2. The molecule has 1 aromatic carbocycles. The van der Waals surface area contributed by atoms with Gasteiger partial charge in [0, 0.05) is 11.5 Å². The van der Waals surface area contributed by atoms with Gasteiger partial charge < -0.3 is 17.1 Å². The zero-order valence-corrected chi connectivity index (χ0v) is 18.2. The van der Waals surface area contributed by atoms with Crippen molar-refractivity contribution in [1.29, 1.82) is 0 Å². The number of rotatable bonds is 3. The van der Waals surface area contributed by atoms with E-state index in [0.717, 1.165) is 6.07 Å². The summed E-state index contributed by atoms with van der Waals surface area (Å²) in [5.74, 6) is -0.311. The third kappa shape index (κ3) is 4.61. The standard InChI is InChI=1S/C17H24BFINO5/c1-15(2,3)23-14(22)21-12-9-10(19)8-11(13(12)24-20)18-25-16(4,5)17(6,7)26-18/h8-9H,1-7H3,(H,21,22). The molecule has 0 radical (unpaired) electrons. The molecule has 1 fully saturated rings. The molecule has 9 heteroatoms. The average molecular weight is 479 g/mol. The Kier molecular flexibility index (Phi) is 5.85. The molecule has 0 aliphatic carbocycles. The van der Waals surface area contributed by atoms with Crippen molar-refractivity contribution in [2.24, 2.45) is 0 Å². The van der Waals surface area contributed by atoms with Gasteiger partial charge in [-0.2, -0.15) is 0 Å². The number of benzene rings is 1. The minimum Gasteiger partial charge on any atom is -0.444 e. The Morgan fingerprint density at radius 1 is 1.19 bits per heavy atom. The van der Waals surface area contributed by atoms with Crippen molar-refractivity contribution in [2.45, 2.75) is 65.3 Å². The number of hydrogen-bond donors (Lipinski definition) is 1. The molecule has 1 aliphatic heterocycles. The van der Waals surface area contributed by atoms with Crippen molar-refractivity contribution in [3.8, 4) is 5.75 Å². The van der Waals surface area contributed by atoms with E-state index in [4.69, 9.17) is 17.1 Å². The van der Waals surface area contributed by atoms with E-state index in [1.54, 1.807) is 43.8 Å². The molecule has 1 amide bonds. The van der Waals surface area contributed by atoms with Crippen LogP contribution in [0.25, 0.3) is 0 Å². The Labute approximate surface area is 167 Å². The molecule has 0 unspecified atom stereocenters. The molecule has 1 aliphatic rings. The van der Waals surface area contributed by atoms with Crippen LogP contribution >= 0.6 is 23.0 Å². The summed E-state index contributed by atoms with van der Waals surface area (Å²) < 4.78 is 36.8. The third-order valence-corrected chi connectivity index (χ3v) is 4.74. The summed E-state index contributed by atoms with van der Waals surface area (Å²) in [5, 5.41) is 2.52. The van der Waals surface area contributed by atoms with Gasteiger partial charge in [-0.15, -0.1) is 0 Å². The van der Waals surface area contributed by atoms with Crippen molar-refractivity contribution < 1.29 is 26.3 Å². The molecule has 1 aromatic rings. The van der Waals surface area contributed by atoms with Crippen molar-refractivity contribution in [2.75, 3.05) is 5.32 Å². The van der Waals surface area contributed by atoms with Gasteiger partial charge >= 0.3 is 13.2 Å². The van der Waals surface area contributed by atoms with Gasteiger partial charge in [0.15, 0.2) is 28.8 Å². The smallest absolute Gasteiger partial charge is 0.444 e. The molecule has 0 bridgehead atoms. The number of hydrogen-bond acceptors (Lipinski definition) is 5. The van der Waals surface area contributed by atoms with Crippen LogP contribution in [0.4, 0.5) is 14.9 Å². The molecular formula is C17H24BFINO5. The summed E-state index contributed by atoms with van der Waals surface area (Å²) in [6.07, 6.45) is -0.710. The first-order chi connectivity index (χ1) is 11.8. The highest BCUT2D eigenvalue weighted by Crippen LogP contribution is 2.38. The van der Waals surface area contributed by atoms with Crippen LogP contribution in [0, 0.1) is 5.82 Å². The maximum atomic E-state index is 14.2. The second-order valence-electron chi connectivity index (χ2n) is 8.16. The Balaban J connectivity index is 2.38. The predicted octanol–water partition coefficient (Wildman–Crippen LogP) is 4.20. The number of anilines is 1. The Hall–Kier alpha value is -1.07. The fraction of sp³-hybridized carbons (Fsp3) is 0.588. The van der Waals surface area contributed by atoms with E-state index in [0.29, 0.717) is 5.46 Å². The molecule has 0 aromatic heterocycles. The van der Waals surface area contributed by atoms with Gasteiger partial charge in [-0.1, -0.05) is 0 Å². The van der Waals surface area contributed by atoms with Crippen molar-refractivity contribution in [1.82, 2.24) is 0 Å². The Morgan fingerprint density at radius 2 is 1.73 bits per heavy atom. The second kappa shape index (κ2) is 7.16. The van der Waals surface area contributed by atoms with Crippen LogP contribution in [-0.4, -0.2) is 30.0 Å². The molecule has 1 saturated heterocycles. The second-order valence-corrected chi connectivity index (χ2v) is 8.60. The molecule has 0 saturated carbocycles. The van der Waals surface area contributed by atoms with Crippen LogP contribution in [-0.2, 0) is 14.0 Å². The van der Waals surface area contributed by atoms with Crippen LogP contribution in [0.5, 0.6) is 5.75 Å². The molecule has 0 atom stereocenters. The first-order valence-corrected chi connectivity index (χ1v) is 9.11. The van der Waals surface area contributed by atoms with E-state index < -0.39 is 35.8 Å². The molecule has 1 N–H and O–H groups in total. The Bertz CT molecular complexity index is 689. The summed E-state index contributed by atoms with van der Waals surface area (Å²) >= 11 is 1.67. The highest BCUT2D eigenvalue weighted by atomic mass is 127.